The van der Waals surface area contributed by atoms with E-state index in [0.717, 1.165) is 16.0 Å². The Hall–Kier alpha value is -7.89. The van der Waals surface area contributed by atoms with Gasteiger partial charge in [0.15, 0.2) is 29.2 Å². The number of anilines is 2. The Bertz CT molecular complexity index is 3150. The van der Waals surface area contributed by atoms with Crippen LogP contribution in [-0.4, -0.2) is 184 Å². The molecule has 0 spiro atoms. The Morgan fingerprint density at radius 1 is 0.756 bits per heavy atom. The van der Waals surface area contributed by atoms with Gasteiger partial charge in [0.1, 0.15) is 18.7 Å². The van der Waals surface area contributed by atoms with Crippen molar-refractivity contribution < 1.29 is 81.3 Å². The second-order valence-electron chi connectivity index (χ2n) is 21.5. The molecule has 5 atom stereocenters. The summed E-state index contributed by atoms with van der Waals surface area (Å²) >= 11 is 1.99. The van der Waals surface area contributed by atoms with Crippen LogP contribution in [0.15, 0.2) is 102 Å². The van der Waals surface area contributed by atoms with Crippen LogP contribution in [0.3, 0.4) is 0 Å². The molecule has 25 nitrogen and oxygen atoms in total. The number of carbonyl (C=O) groups is 7. The van der Waals surface area contributed by atoms with Crippen molar-refractivity contribution in [2.45, 2.75) is 96.8 Å². The van der Waals surface area contributed by atoms with Crippen LogP contribution in [0, 0.1) is 5.92 Å². The van der Waals surface area contributed by atoms with Crippen molar-refractivity contribution in [3.63, 3.8) is 0 Å². The zero-order chi connectivity index (χ0) is 64.7. The lowest BCUT2D eigenvalue weighted by Gasteiger charge is -2.31. The average molecular weight is 1360 g/mol. The highest BCUT2D eigenvalue weighted by molar-refractivity contribution is 14.1. The summed E-state index contributed by atoms with van der Waals surface area (Å²) < 4.78 is 51.8. The summed E-state index contributed by atoms with van der Waals surface area (Å²) in [6, 6.07) is 9.65. The molecule has 0 radical (unpaired) electrons. The number of aliphatic hydroxyl groups is 1. The van der Waals surface area contributed by atoms with Crippen LogP contribution in [0.5, 0.6) is 23.0 Å². The molecule has 0 bridgehead atoms. The van der Waals surface area contributed by atoms with Crippen LogP contribution < -0.4 is 45.1 Å². The third-order valence-corrected chi connectivity index (χ3v) is 15.4. The minimum absolute atomic E-state index is 0.00299. The van der Waals surface area contributed by atoms with Gasteiger partial charge in [-0.05, 0) is 80.0 Å². The molecule has 0 saturated heterocycles. The Morgan fingerprint density at radius 3 is 2.02 bits per heavy atom. The highest BCUT2D eigenvalue weighted by Crippen LogP contribution is 2.43. The lowest BCUT2D eigenvalue weighted by Crippen LogP contribution is -2.53. The molecule has 4 aliphatic heterocycles. The Kier molecular flexibility index (Phi) is 27.0. The normalized spacial score (nSPS) is 17.2. The predicted molar refractivity (Wildman–Crippen MR) is 343 cm³/mol. The molecule has 7 rings (SSSR count). The number of hydrogen-bond donors (Lipinski definition) is 5. The van der Waals surface area contributed by atoms with Gasteiger partial charge in [-0.15, -0.1) is 6.58 Å². The zero-order valence-corrected chi connectivity index (χ0v) is 53.8. The number of nitrogens with one attached hydrogen (secondary N) is 4. The number of rotatable bonds is 35. The van der Waals surface area contributed by atoms with Crippen LogP contribution in [0.4, 0.5) is 21.9 Å². The van der Waals surface area contributed by atoms with Crippen molar-refractivity contribution in [3.8, 4) is 23.0 Å². The fourth-order valence-corrected chi connectivity index (χ4v) is 10.3. The van der Waals surface area contributed by atoms with Gasteiger partial charge < -0.3 is 78.8 Å². The van der Waals surface area contributed by atoms with Gasteiger partial charge in [-0.3, -0.25) is 33.8 Å². The number of aliphatic hydroxyl groups excluding tert-OH is 1. The number of allylic oxidation sites excluding steroid dienone is 3. The molecule has 3 aromatic carbocycles. The average Bonchev–Trinajstić information content (AvgIpc) is 1.62. The van der Waals surface area contributed by atoms with Gasteiger partial charge in [0, 0.05) is 55.8 Å². The molecule has 0 aromatic heterocycles. The molecule has 5 N–H and O–H groups in total. The number of methoxy groups -OCH3 is 2. The van der Waals surface area contributed by atoms with E-state index in [-0.39, 0.29) is 92.4 Å². The van der Waals surface area contributed by atoms with E-state index in [1.165, 1.54) is 38.2 Å². The van der Waals surface area contributed by atoms with Gasteiger partial charge in [0.25, 0.3) is 11.8 Å². The van der Waals surface area contributed by atoms with Gasteiger partial charge in [-0.2, -0.15) is 0 Å². The number of halogens is 1. The minimum atomic E-state index is -1.58. The topological polar surface area (TPSA) is 293 Å². The molecule has 7 amide bonds. The van der Waals surface area contributed by atoms with E-state index in [2.05, 4.69) is 32.8 Å². The second-order valence-corrected chi connectivity index (χ2v) is 22.3. The molecule has 26 heteroatoms. The first kappa shape index (κ1) is 69.6. The highest BCUT2D eigenvalue weighted by Gasteiger charge is 2.45. The molecule has 486 valence electrons. The number of nitrogens with zero attached hydrogens (tertiary/aromatic N) is 4. The molecule has 4 aliphatic rings. The standard InChI is InChI=1S/C64H81IN8O17/c1-8-11-43-29-46-36-67-49-33-54(52(82-6)31-47(49)61(78)71(46)37-43)88-19-10-20-89-55-34-50-48(32-53(55)83-7)62(79)72-38-44(12-9-2)30-51(72)63(80)73(50)64(81)90-39-42-13-15-45(16-14-42)69-59(76)41(5)68-60(77)58(40(3)4)70-56(74)17-21-84-23-25-86-27-28-87-26-24-85-22-18-66-57(75)35-65/h8-9,12-16,31-34,36-38,40-41,46,51,58,63,80H,1,10-11,17-30,35,39H2,2-7H3,(H,66,75)(H,68,77)(H,69,76)(H,70,74)/b12-9+/t41-,46-,51-,58-,63-/m0/s1. The van der Waals surface area contributed by atoms with Crippen LogP contribution >= 0.6 is 22.6 Å². The number of ether oxygens (including phenoxy) is 9. The number of benzene rings is 3. The first-order valence-electron chi connectivity index (χ1n) is 29.8. The van der Waals surface area contributed by atoms with E-state index < -0.39 is 54.1 Å². The van der Waals surface area contributed by atoms with Crippen molar-refractivity contribution in [1.29, 1.82) is 0 Å². The summed E-state index contributed by atoms with van der Waals surface area (Å²) in [5.74, 6) is -1.42. The Morgan fingerprint density at radius 2 is 1.39 bits per heavy atom. The number of carbonyl (C=O) groups excluding carboxylic acids is 7. The van der Waals surface area contributed by atoms with Crippen molar-refractivity contribution in [2.75, 3.05) is 101 Å². The first-order chi connectivity index (χ1) is 43.5. The molecule has 90 heavy (non-hydrogen) atoms. The van der Waals surface area contributed by atoms with Crippen molar-refractivity contribution in [1.82, 2.24) is 25.8 Å². The van der Waals surface area contributed by atoms with Gasteiger partial charge >= 0.3 is 6.09 Å². The summed E-state index contributed by atoms with van der Waals surface area (Å²) in [6.07, 6.45) is 10.1. The Labute approximate surface area is 537 Å². The summed E-state index contributed by atoms with van der Waals surface area (Å²) in [6.45, 7) is 13.7. The minimum Gasteiger partial charge on any atom is -0.493 e. The van der Waals surface area contributed by atoms with E-state index in [0.29, 0.717) is 104 Å². The molecule has 4 heterocycles. The smallest absolute Gasteiger partial charge is 0.416 e. The summed E-state index contributed by atoms with van der Waals surface area (Å²) in [5, 5.41) is 23.0. The van der Waals surface area contributed by atoms with Gasteiger partial charge in [0.2, 0.25) is 23.6 Å². The molecule has 0 aliphatic carbocycles. The summed E-state index contributed by atoms with van der Waals surface area (Å²) in [4.78, 5) is 102. The monoisotopic (exact) mass is 1360 g/mol. The fraction of sp³-hybridized carbons (Fsp3) is 0.469. The van der Waals surface area contributed by atoms with Crippen molar-refractivity contribution >= 4 is 87.4 Å². The maximum Gasteiger partial charge on any atom is 0.416 e. The van der Waals surface area contributed by atoms with Gasteiger partial charge in [0.05, 0.1) is 119 Å². The third kappa shape index (κ3) is 19.1. The first-order valence-corrected chi connectivity index (χ1v) is 31.3. The van der Waals surface area contributed by atoms with E-state index >= 15 is 0 Å². The van der Waals surface area contributed by atoms with Crippen LogP contribution in [0.25, 0.3) is 0 Å². The van der Waals surface area contributed by atoms with Crippen molar-refractivity contribution in [3.05, 3.63) is 114 Å². The number of amides is 7. The Balaban J connectivity index is 0.888. The van der Waals surface area contributed by atoms with E-state index in [4.69, 9.17) is 42.6 Å². The quantitative estimate of drug-likeness (QED) is 0.0177. The van der Waals surface area contributed by atoms with Crippen LogP contribution in [0.1, 0.15) is 86.1 Å². The number of fused-ring (bicyclic) bond motifs is 4. The fourth-order valence-electron chi connectivity index (χ4n) is 10.0. The maximum atomic E-state index is 14.4. The lowest BCUT2D eigenvalue weighted by molar-refractivity contribution is -0.132. The SMILES string of the molecule is C=CCC1=CN2C(=O)c3cc(OC)c(OCCCOc4cc5c(cc4OC)C(=O)N4C=C(/C=C/C)C[C@H]4[C@H](O)N5C(=O)OCc4ccc(NC(=O)[C@H](C)NC(=O)[C@@H](NC(=O)CCOCCOCCOCCOCCNC(=O)CI)C(C)C)cc4)cc3N=C[C@@H]2C1. The largest absolute Gasteiger partial charge is 0.493 e. The maximum absolute atomic E-state index is 14.4. The third-order valence-electron chi connectivity index (χ3n) is 14.7. The number of alkyl halides is 1. The second kappa shape index (κ2) is 34.9. The van der Waals surface area contributed by atoms with Gasteiger partial charge in [-0.1, -0.05) is 66.8 Å². The molecule has 0 saturated carbocycles. The van der Waals surface area contributed by atoms with Gasteiger partial charge in [-0.25, -0.2) is 9.69 Å². The molecule has 3 aromatic rings. The zero-order valence-electron chi connectivity index (χ0n) is 51.6. The molecule has 0 unspecified atom stereocenters. The van der Waals surface area contributed by atoms with Crippen LogP contribution in [0.2, 0.25) is 0 Å². The number of aliphatic imine (C=N–C) groups is 1. The molecular weight excluding hydrogens is 1280 g/mol. The molecule has 0 fully saturated rings. The van der Waals surface area contributed by atoms with E-state index in [9.17, 15) is 38.7 Å². The highest BCUT2D eigenvalue weighted by atomic mass is 127. The van der Waals surface area contributed by atoms with Crippen LogP contribution in [-0.2, 0) is 49.5 Å². The summed E-state index contributed by atoms with van der Waals surface area (Å²) in [7, 11) is 2.91. The van der Waals surface area contributed by atoms with E-state index in [1.807, 2.05) is 53.9 Å². The van der Waals surface area contributed by atoms with E-state index in [1.54, 1.807) is 67.6 Å². The lowest BCUT2D eigenvalue weighted by atomic mass is 10.0. The number of hydrogen-bond acceptors (Lipinski definition) is 18. The summed E-state index contributed by atoms with van der Waals surface area (Å²) in [5.41, 5.74) is 3.65. The van der Waals surface area contributed by atoms with Crippen molar-refractivity contribution in [2.24, 2.45) is 10.9 Å². The molecular formula is C64H81IN8O17. The predicted octanol–water partition coefficient (Wildman–Crippen LogP) is 6.68.